The van der Waals surface area contributed by atoms with Gasteiger partial charge in [-0.3, -0.25) is 14.3 Å². The molecule has 0 aliphatic carbocycles. The van der Waals surface area contributed by atoms with Crippen LogP contribution in [0.15, 0.2) is 60.0 Å². The first kappa shape index (κ1) is 20.6. The van der Waals surface area contributed by atoms with Gasteiger partial charge in [-0.05, 0) is 37.5 Å². The zero-order chi connectivity index (χ0) is 20.9. The predicted molar refractivity (Wildman–Crippen MR) is 120 cm³/mol. The minimum Gasteiger partial charge on any atom is -0.351 e. The van der Waals surface area contributed by atoms with Crippen LogP contribution in [0.25, 0.3) is 5.69 Å². The number of carbonyl (C=O) groups is 1. The van der Waals surface area contributed by atoms with Crippen molar-refractivity contribution in [2.75, 3.05) is 18.8 Å². The molecule has 1 amide bonds. The highest BCUT2D eigenvalue weighted by Gasteiger charge is 2.24. The summed E-state index contributed by atoms with van der Waals surface area (Å²) in [6.45, 7) is 6.98. The molecule has 1 N–H and O–H groups in total. The van der Waals surface area contributed by atoms with Crippen molar-refractivity contribution in [2.45, 2.75) is 38.0 Å². The second-order valence-corrected chi connectivity index (χ2v) is 8.78. The molecule has 0 saturated carbocycles. The molecule has 1 aromatic heterocycles. The van der Waals surface area contributed by atoms with Crippen molar-refractivity contribution in [3.63, 3.8) is 0 Å². The zero-order valence-corrected chi connectivity index (χ0v) is 18.2. The van der Waals surface area contributed by atoms with Gasteiger partial charge in [-0.1, -0.05) is 59.8 Å². The highest BCUT2D eigenvalue weighted by molar-refractivity contribution is 7.99. The average Bonchev–Trinajstić information content (AvgIpc) is 3.37. The highest BCUT2D eigenvalue weighted by Crippen LogP contribution is 2.22. The molecule has 7 heteroatoms. The Morgan fingerprint density at radius 3 is 2.83 bits per heavy atom. The summed E-state index contributed by atoms with van der Waals surface area (Å²) in [6.07, 6.45) is 2.69. The van der Waals surface area contributed by atoms with Crippen molar-refractivity contribution in [1.82, 2.24) is 25.0 Å². The van der Waals surface area contributed by atoms with Crippen molar-refractivity contribution in [3.05, 3.63) is 71.5 Å². The first-order valence-electron chi connectivity index (χ1n) is 10.2. The molecule has 1 aliphatic rings. The van der Waals surface area contributed by atoms with Gasteiger partial charge in [0, 0.05) is 25.7 Å². The van der Waals surface area contributed by atoms with E-state index in [1.54, 1.807) is 6.33 Å². The largest absolute Gasteiger partial charge is 0.351 e. The van der Waals surface area contributed by atoms with Crippen LogP contribution in [0.2, 0.25) is 0 Å². The van der Waals surface area contributed by atoms with Gasteiger partial charge in [0.1, 0.15) is 6.33 Å². The lowest BCUT2D eigenvalue weighted by molar-refractivity contribution is -0.119. The monoisotopic (exact) mass is 421 g/mol. The minimum atomic E-state index is 0.0433. The van der Waals surface area contributed by atoms with Gasteiger partial charge in [0.15, 0.2) is 5.16 Å². The maximum atomic E-state index is 12.5. The SMILES string of the molecule is Cc1ccc(-n2cnnc2SCC(=O)NC2CCN(Cc3ccccc3)C2)c(C)c1. The van der Waals surface area contributed by atoms with Gasteiger partial charge < -0.3 is 5.32 Å². The van der Waals surface area contributed by atoms with E-state index in [0.717, 1.165) is 42.5 Å². The van der Waals surface area contributed by atoms with E-state index in [1.165, 1.54) is 22.9 Å². The Hall–Kier alpha value is -2.64. The van der Waals surface area contributed by atoms with Crippen LogP contribution in [0.1, 0.15) is 23.1 Å². The summed E-state index contributed by atoms with van der Waals surface area (Å²) in [7, 11) is 0. The van der Waals surface area contributed by atoms with Gasteiger partial charge in [-0.15, -0.1) is 10.2 Å². The van der Waals surface area contributed by atoms with Crippen LogP contribution in [-0.4, -0.2) is 50.5 Å². The molecule has 1 saturated heterocycles. The minimum absolute atomic E-state index is 0.0433. The first-order chi connectivity index (χ1) is 14.6. The third kappa shape index (κ3) is 5.09. The fourth-order valence-electron chi connectivity index (χ4n) is 3.90. The van der Waals surface area contributed by atoms with Crippen LogP contribution >= 0.6 is 11.8 Å². The van der Waals surface area contributed by atoms with Crippen LogP contribution in [0.3, 0.4) is 0 Å². The third-order valence-electron chi connectivity index (χ3n) is 5.35. The maximum absolute atomic E-state index is 12.5. The maximum Gasteiger partial charge on any atom is 0.230 e. The lowest BCUT2D eigenvalue weighted by atomic mass is 10.1. The Labute approximate surface area is 181 Å². The van der Waals surface area contributed by atoms with Crippen molar-refractivity contribution >= 4 is 17.7 Å². The topological polar surface area (TPSA) is 63.1 Å². The normalized spacial score (nSPS) is 16.7. The molecular formula is C23H27N5OS. The average molecular weight is 422 g/mol. The van der Waals surface area contributed by atoms with Crippen molar-refractivity contribution in [1.29, 1.82) is 0 Å². The number of nitrogens with one attached hydrogen (secondary N) is 1. The third-order valence-corrected chi connectivity index (χ3v) is 6.29. The summed E-state index contributed by atoms with van der Waals surface area (Å²) in [5.74, 6) is 0.375. The number of aryl methyl sites for hydroxylation is 2. The Kier molecular flexibility index (Phi) is 6.50. The van der Waals surface area contributed by atoms with Gasteiger partial charge in [-0.2, -0.15) is 0 Å². The number of rotatable bonds is 7. The van der Waals surface area contributed by atoms with Crippen LogP contribution in [0, 0.1) is 13.8 Å². The lowest BCUT2D eigenvalue weighted by Crippen LogP contribution is -2.38. The number of benzene rings is 2. The molecule has 2 heterocycles. The number of hydrogen-bond donors (Lipinski definition) is 1. The van der Waals surface area contributed by atoms with E-state index in [0.29, 0.717) is 5.75 Å². The second-order valence-electron chi connectivity index (χ2n) is 7.84. The number of carbonyl (C=O) groups excluding carboxylic acids is 1. The number of nitrogens with zero attached hydrogens (tertiary/aromatic N) is 4. The number of thioether (sulfide) groups is 1. The Morgan fingerprint density at radius 1 is 1.20 bits per heavy atom. The first-order valence-corrected chi connectivity index (χ1v) is 11.2. The predicted octanol–water partition coefficient (Wildman–Crippen LogP) is 3.37. The van der Waals surface area contributed by atoms with Crippen LogP contribution in [0.4, 0.5) is 0 Å². The van der Waals surface area contributed by atoms with Gasteiger partial charge in [-0.25, -0.2) is 0 Å². The molecule has 156 valence electrons. The lowest BCUT2D eigenvalue weighted by Gasteiger charge is -2.16. The molecule has 0 bridgehead atoms. The molecule has 1 atom stereocenters. The van der Waals surface area contributed by atoms with Crippen molar-refractivity contribution in [2.24, 2.45) is 0 Å². The van der Waals surface area contributed by atoms with E-state index >= 15 is 0 Å². The standard InChI is InChI=1S/C23H27N5OS/c1-17-8-9-21(18(2)12-17)28-16-24-26-23(28)30-15-22(29)25-20-10-11-27(14-20)13-19-6-4-3-5-7-19/h3-9,12,16,20H,10-11,13-15H2,1-2H3,(H,25,29). The quantitative estimate of drug-likeness (QED) is 0.593. The molecule has 0 radical (unpaired) electrons. The number of likely N-dealkylation sites (tertiary alicyclic amines) is 1. The van der Waals surface area contributed by atoms with E-state index in [9.17, 15) is 4.79 Å². The van der Waals surface area contributed by atoms with E-state index in [1.807, 2.05) is 10.6 Å². The molecule has 6 nitrogen and oxygen atoms in total. The fourth-order valence-corrected chi connectivity index (χ4v) is 4.63. The Balaban J connectivity index is 1.28. The summed E-state index contributed by atoms with van der Waals surface area (Å²) >= 11 is 1.42. The van der Waals surface area contributed by atoms with E-state index in [4.69, 9.17) is 0 Å². The zero-order valence-electron chi connectivity index (χ0n) is 17.4. The second kappa shape index (κ2) is 9.45. The van der Waals surface area contributed by atoms with Gasteiger partial charge in [0.2, 0.25) is 5.91 Å². The number of amides is 1. The Bertz CT molecular complexity index is 1000. The number of hydrogen-bond acceptors (Lipinski definition) is 5. The smallest absolute Gasteiger partial charge is 0.230 e. The van der Waals surface area contributed by atoms with Gasteiger partial charge >= 0.3 is 0 Å². The van der Waals surface area contributed by atoms with Crippen molar-refractivity contribution < 1.29 is 4.79 Å². The van der Waals surface area contributed by atoms with Crippen LogP contribution < -0.4 is 5.32 Å². The Morgan fingerprint density at radius 2 is 2.03 bits per heavy atom. The summed E-state index contributed by atoms with van der Waals surface area (Å²) in [4.78, 5) is 14.9. The molecule has 1 aliphatic heterocycles. The molecule has 1 unspecified atom stereocenters. The molecule has 0 spiro atoms. The van der Waals surface area contributed by atoms with Crippen LogP contribution in [-0.2, 0) is 11.3 Å². The van der Waals surface area contributed by atoms with E-state index < -0.39 is 0 Å². The molecule has 3 aromatic rings. The van der Waals surface area contributed by atoms with Gasteiger partial charge in [0.05, 0.1) is 11.4 Å². The summed E-state index contributed by atoms with van der Waals surface area (Å²) < 4.78 is 1.95. The van der Waals surface area contributed by atoms with Crippen molar-refractivity contribution in [3.8, 4) is 5.69 Å². The molecule has 4 rings (SSSR count). The molecule has 2 aromatic carbocycles. The molecule has 1 fully saturated rings. The summed E-state index contributed by atoms with van der Waals surface area (Å²) in [5, 5.41) is 12.2. The summed E-state index contributed by atoms with van der Waals surface area (Å²) in [5.41, 5.74) is 4.73. The molecular weight excluding hydrogens is 394 g/mol. The van der Waals surface area contributed by atoms with E-state index in [-0.39, 0.29) is 11.9 Å². The molecule has 30 heavy (non-hydrogen) atoms. The number of aromatic nitrogens is 3. The highest BCUT2D eigenvalue weighted by atomic mass is 32.2. The van der Waals surface area contributed by atoms with E-state index in [2.05, 4.69) is 76.7 Å². The fraction of sp³-hybridized carbons (Fsp3) is 0.348. The summed E-state index contributed by atoms with van der Waals surface area (Å²) in [6, 6.07) is 17.0. The van der Waals surface area contributed by atoms with Crippen LogP contribution in [0.5, 0.6) is 0 Å². The van der Waals surface area contributed by atoms with Gasteiger partial charge in [0.25, 0.3) is 0 Å².